The van der Waals surface area contributed by atoms with Crippen molar-refractivity contribution in [2.45, 2.75) is 12.8 Å². The first kappa shape index (κ1) is 26.7. The summed E-state index contributed by atoms with van der Waals surface area (Å²) in [7, 11) is 2.31. The van der Waals surface area contributed by atoms with Crippen molar-refractivity contribution in [3.05, 3.63) is 82.6 Å². The molecule has 2 N–H and O–H groups in total. The molecule has 1 unspecified atom stereocenters. The van der Waals surface area contributed by atoms with Gasteiger partial charge in [0.15, 0.2) is 0 Å². The maximum absolute atomic E-state index is 15.8. The van der Waals surface area contributed by atoms with Gasteiger partial charge in [0.25, 0.3) is 0 Å². The molecule has 2 heterocycles. The van der Waals surface area contributed by atoms with Crippen molar-refractivity contribution in [2.75, 3.05) is 56.7 Å². The lowest BCUT2D eigenvalue weighted by Gasteiger charge is -2.37. The molecule has 1 saturated heterocycles. The minimum Gasteiger partial charge on any atom is -0.466 e. The molecule has 0 bridgehead atoms. The second kappa shape index (κ2) is 11.4. The number of hydrogen-bond donors (Lipinski definition) is 1. The van der Waals surface area contributed by atoms with Gasteiger partial charge in [-0.1, -0.05) is 37.3 Å². The lowest BCUT2D eigenvalue weighted by Crippen LogP contribution is -2.46. The fraction of sp³-hybridized carbons (Fsp3) is 0.321. The van der Waals surface area contributed by atoms with Gasteiger partial charge in [0, 0.05) is 31.9 Å². The Hall–Kier alpha value is -4.36. The molecule has 38 heavy (non-hydrogen) atoms. The fourth-order valence-corrected chi connectivity index (χ4v) is 4.96. The maximum Gasteiger partial charge on any atom is 0.355 e. The SMILES string of the molecule is CCN1CCN(c2ccc(N3C(N)=C(C#N)C(c4ccccc4)C(C(=O)OC)=C3C(=O)OC)c(F)c2)CC1. The fourth-order valence-electron chi connectivity index (χ4n) is 4.96. The van der Waals surface area contributed by atoms with Crippen LogP contribution >= 0.6 is 0 Å². The van der Waals surface area contributed by atoms with Crippen LogP contribution < -0.4 is 15.5 Å². The van der Waals surface area contributed by atoms with Crippen molar-refractivity contribution in [1.82, 2.24) is 4.90 Å². The van der Waals surface area contributed by atoms with Crippen molar-refractivity contribution in [3.63, 3.8) is 0 Å². The molecule has 9 nitrogen and oxygen atoms in total. The van der Waals surface area contributed by atoms with E-state index in [0.717, 1.165) is 51.8 Å². The molecule has 0 radical (unpaired) electrons. The molecule has 2 aromatic rings. The van der Waals surface area contributed by atoms with Gasteiger partial charge in [-0.25, -0.2) is 14.0 Å². The van der Waals surface area contributed by atoms with E-state index < -0.39 is 23.7 Å². The predicted molar refractivity (Wildman–Crippen MR) is 140 cm³/mol. The Kier molecular flexibility index (Phi) is 7.98. The van der Waals surface area contributed by atoms with Crippen LogP contribution in [0.15, 0.2) is 71.2 Å². The monoisotopic (exact) mass is 519 g/mol. The molecule has 1 atom stereocenters. The summed E-state index contributed by atoms with van der Waals surface area (Å²) in [5.41, 5.74) is 7.08. The van der Waals surface area contributed by atoms with Crippen LogP contribution in [-0.2, 0) is 19.1 Å². The number of allylic oxidation sites excluding steroid dienone is 1. The number of halogens is 1. The molecule has 0 aromatic heterocycles. The summed E-state index contributed by atoms with van der Waals surface area (Å²) < 4.78 is 25.8. The Morgan fingerprint density at radius 2 is 1.71 bits per heavy atom. The van der Waals surface area contributed by atoms with Gasteiger partial charge < -0.3 is 25.0 Å². The van der Waals surface area contributed by atoms with Crippen molar-refractivity contribution < 1.29 is 23.5 Å². The van der Waals surface area contributed by atoms with Crippen LogP contribution in [0.1, 0.15) is 18.4 Å². The number of likely N-dealkylation sites (N-methyl/N-ethyl adjacent to an activating group) is 1. The number of nitrogens with zero attached hydrogens (tertiary/aromatic N) is 4. The number of carbonyl (C=O) groups is 2. The molecule has 2 aromatic carbocycles. The molecule has 1 fully saturated rings. The van der Waals surface area contributed by atoms with E-state index in [-0.39, 0.29) is 28.4 Å². The number of carbonyl (C=O) groups excluding carboxylic acids is 2. The Balaban J connectivity index is 1.88. The van der Waals surface area contributed by atoms with Crippen molar-refractivity contribution in [2.24, 2.45) is 5.73 Å². The Bertz CT molecular complexity index is 1330. The second-order valence-corrected chi connectivity index (χ2v) is 8.89. The van der Waals surface area contributed by atoms with E-state index in [1.54, 1.807) is 36.4 Å². The molecule has 0 saturated carbocycles. The largest absolute Gasteiger partial charge is 0.466 e. The number of methoxy groups -OCH3 is 2. The number of anilines is 2. The Morgan fingerprint density at radius 1 is 1.05 bits per heavy atom. The molecule has 10 heteroatoms. The van der Waals surface area contributed by atoms with Crippen molar-refractivity contribution >= 4 is 23.3 Å². The quantitative estimate of drug-likeness (QED) is 0.576. The third kappa shape index (κ3) is 4.80. The van der Waals surface area contributed by atoms with Crippen LogP contribution in [0.3, 0.4) is 0 Å². The molecular formula is C28H30FN5O4. The molecular weight excluding hydrogens is 489 g/mol. The first-order valence-corrected chi connectivity index (χ1v) is 12.3. The number of piperazine rings is 1. The number of nitriles is 1. The van der Waals surface area contributed by atoms with Gasteiger partial charge >= 0.3 is 11.9 Å². The highest BCUT2D eigenvalue weighted by atomic mass is 19.1. The lowest BCUT2D eigenvalue weighted by molar-refractivity contribution is -0.139. The first-order valence-electron chi connectivity index (χ1n) is 12.3. The van der Waals surface area contributed by atoms with Gasteiger partial charge in [-0.05, 0) is 30.3 Å². The molecule has 2 aliphatic heterocycles. The van der Waals surface area contributed by atoms with E-state index >= 15 is 4.39 Å². The molecule has 0 aliphatic carbocycles. The Morgan fingerprint density at radius 3 is 2.26 bits per heavy atom. The minimum absolute atomic E-state index is 0.0246. The molecule has 4 rings (SSSR count). The zero-order valence-electron chi connectivity index (χ0n) is 21.6. The number of ether oxygens (including phenoxy) is 2. The number of nitrogens with two attached hydrogens (primary N) is 1. The number of hydrogen-bond acceptors (Lipinski definition) is 9. The number of benzene rings is 2. The van der Waals surface area contributed by atoms with Crippen LogP contribution in [0.4, 0.5) is 15.8 Å². The minimum atomic E-state index is -1.02. The van der Waals surface area contributed by atoms with E-state index in [0.29, 0.717) is 11.3 Å². The van der Waals surface area contributed by atoms with Gasteiger partial charge in [0.2, 0.25) is 0 Å². The van der Waals surface area contributed by atoms with E-state index in [1.807, 2.05) is 0 Å². The van der Waals surface area contributed by atoms with Crippen LogP contribution in [0, 0.1) is 17.1 Å². The number of rotatable bonds is 6. The summed E-state index contributed by atoms with van der Waals surface area (Å²) in [5, 5.41) is 10.1. The zero-order chi connectivity index (χ0) is 27.4. The van der Waals surface area contributed by atoms with Crippen LogP contribution in [0.5, 0.6) is 0 Å². The average Bonchev–Trinajstić information content (AvgIpc) is 2.96. The second-order valence-electron chi connectivity index (χ2n) is 8.89. The van der Waals surface area contributed by atoms with Gasteiger partial charge in [0.1, 0.15) is 17.3 Å². The van der Waals surface area contributed by atoms with E-state index in [4.69, 9.17) is 15.2 Å². The highest BCUT2D eigenvalue weighted by Crippen LogP contribution is 2.44. The van der Waals surface area contributed by atoms with Gasteiger partial charge in [-0.2, -0.15) is 5.26 Å². The summed E-state index contributed by atoms with van der Waals surface area (Å²) in [6.07, 6.45) is 0. The average molecular weight is 520 g/mol. The summed E-state index contributed by atoms with van der Waals surface area (Å²) in [4.78, 5) is 31.8. The molecule has 0 spiro atoms. The van der Waals surface area contributed by atoms with E-state index in [2.05, 4.69) is 22.8 Å². The summed E-state index contributed by atoms with van der Waals surface area (Å²) in [6.45, 7) is 6.29. The topological polar surface area (TPSA) is 112 Å². The first-order chi connectivity index (χ1) is 18.4. The third-order valence-corrected chi connectivity index (χ3v) is 6.97. The summed E-state index contributed by atoms with van der Waals surface area (Å²) in [6, 6.07) is 15.3. The smallest absolute Gasteiger partial charge is 0.355 e. The van der Waals surface area contributed by atoms with Gasteiger partial charge in [-0.3, -0.25) is 4.90 Å². The standard InChI is InChI=1S/C28H30FN5O4/c1-4-32-12-14-33(15-13-32)19-10-11-22(21(29)16-19)34-25(28(36)38-3)24(27(35)37-2)23(20(17-30)26(34)31)18-8-6-5-7-9-18/h5-11,16,23H,4,12-15,31H2,1-3H3. The van der Waals surface area contributed by atoms with Crippen molar-refractivity contribution in [3.8, 4) is 6.07 Å². The zero-order valence-corrected chi connectivity index (χ0v) is 21.6. The summed E-state index contributed by atoms with van der Waals surface area (Å²) in [5.74, 6) is -3.67. The van der Waals surface area contributed by atoms with E-state index in [1.165, 1.54) is 12.1 Å². The molecule has 198 valence electrons. The predicted octanol–water partition coefficient (Wildman–Crippen LogP) is 2.87. The highest BCUT2D eigenvalue weighted by molar-refractivity contribution is 6.06. The number of esters is 2. The van der Waals surface area contributed by atoms with E-state index in [9.17, 15) is 14.9 Å². The van der Waals surface area contributed by atoms with Crippen molar-refractivity contribution in [1.29, 1.82) is 5.26 Å². The van der Waals surface area contributed by atoms with Crippen LogP contribution in [0.25, 0.3) is 0 Å². The molecule has 0 amide bonds. The van der Waals surface area contributed by atoms with Crippen LogP contribution in [-0.4, -0.2) is 63.8 Å². The van der Waals surface area contributed by atoms with Gasteiger partial charge in [-0.15, -0.1) is 0 Å². The Labute approximate surface area is 221 Å². The van der Waals surface area contributed by atoms with Gasteiger partial charge in [0.05, 0.1) is 43.0 Å². The third-order valence-electron chi connectivity index (χ3n) is 6.97. The maximum atomic E-state index is 15.8. The highest BCUT2D eigenvalue weighted by Gasteiger charge is 2.43. The lowest BCUT2D eigenvalue weighted by atomic mass is 9.81. The normalized spacial score (nSPS) is 18.3. The summed E-state index contributed by atoms with van der Waals surface area (Å²) >= 11 is 0. The van der Waals surface area contributed by atoms with Crippen LogP contribution in [0.2, 0.25) is 0 Å². The molecule has 2 aliphatic rings.